The van der Waals surface area contributed by atoms with Gasteiger partial charge >= 0.3 is 0 Å². The van der Waals surface area contributed by atoms with Crippen LogP contribution in [0.4, 0.5) is 0 Å². The average Bonchev–Trinajstić information content (AvgIpc) is 2.75. The van der Waals surface area contributed by atoms with Crippen LogP contribution in [0.3, 0.4) is 0 Å². The molecule has 6 nitrogen and oxygen atoms in total. The molecule has 0 amide bonds. The first-order chi connectivity index (χ1) is 14.7. The number of piperidine rings is 1. The van der Waals surface area contributed by atoms with Gasteiger partial charge in [-0.05, 0) is 65.7 Å². The summed E-state index contributed by atoms with van der Waals surface area (Å²) in [5.74, 6) is 0.984. The molecule has 1 saturated heterocycles. The molecular formula is C24H48N4O2. The number of rotatable bonds is 13. The van der Waals surface area contributed by atoms with Crippen LogP contribution in [0.25, 0.3) is 0 Å². The topological polar surface area (TPSA) is 58.1 Å². The van der Waals surface area contributed by atoms with Gasteiger partial charge in [-0.1, -0.05) is 19.3 Å². The van der Waals surface area contributed by atoms with E-state index in [1.54, 1.807) is 0 Å². The number of unbranched alkanes of at least 4 members (excludes halogenated alkanes) is 2. The minimum atomic E-state index is 0.326. The maximum atomic E-state index is 6.02. The zero-order chi connectivity index (χ0) is 21.4. The first-order valence-corrected chi connectivity index (χ1v) is 12.7. The first-order valence-electron chi connectivity index (χ1n) is 12.7. The zero-order valence-corrected chi connectivity index (χ0v) is 20.0. The van der Waals surface area contributed by atoms with Crippen LogP contribution in [0.1, 0.15) is 85.0 Å². The lowest BCUT2D eigenvalue weighted by Gasteiger charge is -2.33. The fourth-order valence-electron chi connectivity index (χ4n) is 4.30. The van der Waals surface area contributed by atoms with Gasteiger partial charge in [0.2, 0.25) is 0 Å². The molecule has 2 N–H and O–H groups in total. The molecule has 0 spiro atoms. The number of nitrogens with zero attached hydrogens (tertiary/aromatic N) is 2. The predicted molar refractivity (Wildman–Crippen MR) is 126 cm³/mol. The van der Waals surface area contributed by atoms with E-state index in [-0.39, 0.29) is 0 Å². The van der Waals surface area contributed by atoms with Crippen molar-refractivity contribution in [3.63, 3.8) is 0 Å². The van der Waals surface area contributed by atoms with Crippen molar-refractivity contribution in [1.82, 2.24) is 15.5 Å². The van der Waals surface area contributed by atoms with Gasteiger partial charge in [-0.25, -0.2) is 0 Å². The molecule has 176 valence electrons. The summed E-state index contributed by atoms with van der Waals surface area (Å²) in [6.07, 6.45) is 13.3. The molecule has 0 aromatic heterocycles. The van der Waals surface area contributed by atoms with Crippen molar-refractivity contribution in [3.05, 3.63) is 0 Å². The second-order valence-electron chi connectivity index (χ2n) is 9.13. The van der Waals surface area contributed by atoms with Crippen LogP contribution in [0.2, 0.25) is 0 Å². The van der Waals surface area contributed by atoms with Gasteiger partial charge in [0, 0.05) is 45.4 Å². The number of ether oxygens (including phenoxy) is 2. The highest BCUT2D eigenvalue weighted by atomic mass is 16.5. The van der Waals surface area contributed by atoms with E-state index < -0.39 is 0 Å². The van der Waals surface area contributed by atoms with E-state index in [2.05, 4.69) is 36.3 Å². The monoisotopic (exact) mass is 424 g/mol. The summed E-state index contributed by atoms with van der Waals surface area (Å²) in [6, 6.07) is 0.522. The molecule has 0 aromatic carbocycles. The molecule has 0 bridgehead atoms. The molecule has 2 rings (SSSR count). The van der Waals surface area contributed by atoms with Crippen molar-refractivity contribution in [2.24, 2.45) is 4.99 Å². The average molecular weight is 425 g/mol. The van der Waals surface area contributed by atoms with Crippen molar-refractivity contribution in [1.29, 1.82) is 0 Å². The summed E-state index contributed by atoms with van der Waals surface area (Å²) in [5.41, 5.74) is 0. The van der Waals surface area contributed by atoms with Crippen LogP contribution in [0.15, 0.2) is 4.99 Å². The van der Waals surface area contributed by atoms with Crippen LogP contribution in [-0.2, 0) is 9.47 Å². The van der Waals surface area contributed by atoms with Gasteiger partial charge in [0.05, 0.1) is 18.8 Å². The Morgan fingerprint density at radius 2 is 1.77 bits per heavy atom. The van der Waals surface area contributed by atoms with E-state index >= 15 is 0 Å². The lowest BCUT2D eigenvalue weighted by Crippen LogP contribution is -2.49. The zero-order valence-electron chi connectivity index (χ0n) is 20.0. The van der Waals surface area contributed by atoms with Crippen LogP contribution in [0, 0.1) is 0 Å². The smallest absolute Gasteiger partial charge is 0.191 e. The Hall–Kier alpha value is -0.850. The lowest BCUT2D eigenvalue weighted by atomic mass is 9.98. The van der Waals surface area contributed by atoms with Crippen molar-refractivity contribution >= 4 is 5.96 Å². The van der Waals surface area contributed by atoms with Gasteiger partial charge in [-0.15, -0.1) is 0 Å². The van der Waals surface area contributed by atoms with Crippen molar-refractivity contribution in [2.45, 2.75) is 103 Å². The van der Waals surface area contributed by atoms with Crippen LogP contribution >= 0.6 is 0 Å². The molecule has 1 aliphatic heterocycles. The molecule has 0 unspecified atom stereocenters. The third-order valence-corrected chi connectivity index (χ3v) is 6.11. The van der Waals surface area contributed by atoms with Crippen LogP contribution in [0.5, 0.6) is 0 Å². The normalized spacial score (nSPS) is 20.1. The number of likely N-dealkylation sites (tertiary alicyclic amines) is 1. The Morgan fingerprint density at radius 1 is 1.00 bits per heavy atom. The quantitative estimate of drug-likeness (QED) is 0.266. The Balaban J connectivity index is 1.54. The van der Waals surface area contributed by atoms with Gasteiger partial charge in [-0.2, -0.15) is 0 Å². The van der Waals surface area contributed by atoms with Crippen LogP contribution < -0.4 is 10.6 Å². The standard InChI is InChI=1S/C24H48N4O2/c1-4-25-24(26-15-9-6-10-19-30-23-11-7-5-8-12-23)27-22-13-16-28(17-14-22)18-20-29-21(2)3/h21-23H,4-20H2,1-3H3,(H2,25,26,27). The Morgan fingerprint density at radius 3 is 2.47 bits per heavy atom. The third-order valence-electron chi connectivity index (χ3n) is 6.11. The summed E-state index contributed by atoms with van der Waals surface area (Å²) >= 11 is 0. The van der Waals surface area contributed by atoms with E-state index in [4.69, 9.17) is 14.5 Å². The highest BCUT2D eigenvalue weighted by Crippen LogP contribution is 2.20. The molecule has 0 radical (unpaired) electrons. The molecule has 0 atom stereocenters. The Bertz CT molecular complexity index is 444. The van der Waals surface area contributed by atoms with E-state index in [0.717, 1.165) is 64.7 Å². The van der Waals surface area contributed by atoms with Gasteiger partial charge in [0.1, 0.15) is 0 Å². The van der Waals surface area contributed by atoms with Crippen molar-refractivity contribution in [3.8, 4) is 0 Å². The summed E-state index contributed by atoms with van der Waals surface area (Å²) < 4.78 is 11.7. The summed E-state index contributed by atoms with van der Waals surface area (Å²) in [5, 5.41) is 7.07. The summed E-state index contributed by atoms with van der Waals surface area (Å²) in [4.78, 5) is 7.32. The second-order valence-corrected chi connectivity index (χ2v) is 9.13. The number of nitrogens with one attached hydrogen (secondary N) is 2. The predicted octanol–water partition coefficient (Wildman–Crippen LogP) is 3.95. The van der Waals surface area contributed by atoms with Gasteiger partial charge in [-0.3, -0.25) is 4.99 Å². The number of hydrogen-bond acceptors (Lipinski definition) is 4. The van der Waals surface area contributed by atoms with Crippen molar-refractivity contribution in [2.75, 3.05) is 45.9 Å². The minimum absolute atomic E-state index is 0.326. The van der Waals surface area contributed by atoms with E-state index in [0.29, 0.717) is 18.2 Å². The highest BCUT2D eigenvalue weighted by Gasteiger charge is 2.19. The molecule has 30 heavy (non-hydrogen) atoms. The maximum absolute atomic E-state index is 6.02. The van der Waals surface area contributed by atoms with E-state index in [9.17, 15) is 0 Å². The molecular weight excluding hydrogens is 376 g/mol. The molecule has 0 aromatic rings. The largest absolute Gasteiger partial charge is 0.378 e. The number of aliphatic imine (C=N–C) groups is 1. The van der Waals surface area contributed by atoms with E-state index in [1.165, 1.54) is 51.4 Å². The Kier molecular flexibility index (Phi) is 13.4. The van der Waals surface area contributed by atoms with Crippen LogP contribution in [-0.4, -0.2) is 75.0 Å². The summed E-state index contributed by atoms with van der Waals surface area (Å²) in [7, 11) is 0. The molecule has 1 heterocycles. The lowest BCUT2D eigenvalue weighted by molar-refractivity contribution is 0.0264. The van der Waals surface area contributed by atoms with Crippen molar-refractivity contribution < 1.29 is 9.47 Å². The highest BCUT2D eigenvalue weighted by molar-refractivity contribution is 5.80. The summed E-state index contributed by atoms with van der Waals surface area (Å²) in [6.45, 7) is 13.2. The van der Waals surface area contributed by atoms with E-state index in [1.807, 2.05) is 0 Å². The van der Waals surface area contributed by atoms with Gasteiger partial charge in [0.15, 0.2) is 5.96 Å². The van der Waals surface area contributed by atoms with Gasteiger partial charge in [0.25, 0.3) is 0 Å². The molecule has 6 heteroatoms. The fourth-order valence-corrected chi connectivity index (χ4v) is 4.30. The SMILES string of the molecule is CCNC(=NCCCCCOC1CCCCC1)NC1CCN(CCOC(C)C)CC1. The molecule has 1 aliphatic carbocycles. The molecule has 1 saturated carbocycles. The number of hydrogen-bond donors (Lipinski definition) is 2. The van der Waals surface area contributed by atoms with Gasteiger partial charge < -0.3 is 25.0 Å². The fraction of sp³-hybridized carbons (Fsp3) is 0.958. The molecule has 2 fully saturated rings. The first kappa shape index (κ1) is 25.4. The third kappa shape index (κ3) is 11.5. The Labute approximate surface area is 185 Å². The minimum Gasteiger partial charge on any atom is -0.378 e. The second kappa shape index (κ2) is 15.9. The number of guanidine groups is 1. The maximum Gasteiger partial charge on any atom is 0.191 e. The molecule has 2 aliphatic rings.